The van der Waals surface area contributed by atoms with Crippen LogP contribution in [0, 0.1) is 0 Å². The monoisotopic (exact) mass is 414 g/mol. The number of aliphatic hydroxyl groups is 2. The van der Waals surface area contributed by atoms with Crippen LogP contribution in [0.2, 0.25) is 0 Å². The molecule has 3 atom stereocenters. The van der Waals surface area contributed by atoms with Crippen LogP contribution >= 0.6 is 0 Å². The van der Waals surface area contributed by atoms with Gasteiger partial charge in [-0.15, -0.1) is 0 Å². The third-order valence-electron chi connectivity index (χ3n) is 4.30. The second-order valence-corrected chi connectivity index (χ2v) is 6.51. The van der Waals surface area contributed by atoms with Gasteiger partial charge in [-0.1, -0.05) is 48.5 Å². The lowest BCUT2D eigenvalue weighted by atomic mass is 10.1. The van der Waals surface area contributed by atoms with Gasteiger partial charge in [-0.25, -0.2) is 9.59 Å². The first-order chi connectivity index (χ1) is 14.5. The Kier molecular flexibility index (Phi) is 9.73. The molecule has 0 aliphatic rings. The number of hydrogen-bond donors (Lipinski definition) is 2. The van der Waals surface area contributed by atoms with E-state index in [1.54, 1.807) is 30.3 Å². The Bertz CT molecular complexity index is 805. The van der Waals surface area contributed by atoms with E-state index in [-0.39, 0.29) is 13.0 Å². The molecule has 0 saturated heterocycles. The number of rotatable bonds is 11. The highest BCUT2D eigenvalue weighted by molar-refractivity contribution is 5.89. The van der Waals surface area contributed by atoms with E-state index in [0.717, 1.165) is 11.6 Å². The molecule has 0 aromatic heterocycles. The molecule has 0 heterocycles. The SMILES string of the molecule is COC(=O)/C=C\[C@@H](C[C@@H](OCc1ccccc1)[C@@H](O)CO)OC(=O)c1ccccc1. The second-order valence-electron chi connectivity index (χ2n) is 6.51. The van der Waals surface area contributed by atoms with Gasteiger partial charge in [-0.05, 0) is 23.8 Å². The average Bonchev–Trinajstić information content (AvgIpc) is 2.80. The van der Waals surface area contributed by atoms with E-state index in [4.69, 9.17) is 9.47 Å². The van der Waals surface area contributed by atoms with Gasteiger partial charge in [0.1, 0.15) is 12.2 Å². The van der Waals surface area contributed by atoms with Crippen molar-refractivity contribution in [2.45, 2.75) is 31.3 Å². The zero-order chi connectivity index (χ0) is 21.8. The smallest absolute Gasteiger partial charge is 0.338 e. The summed E-state index contributed by atoms with van der Waals surface area (Å²) in [5.74, 6) is -1.20. The molecule has 2 aromatic rings. The number of methoxy groups -OCH3 is 1. The molecule has 2 rings (SSSR count). The molecule has 30 heavy (non-hydrogen) atoms. The summed E-state index contributed by atoms with van der Waals surface area (Å²) in [7, 11) is 1.24. The molecule has 2 aromatic carbocycles. The third kappa shape index (κ3) is 7.79. The number of ether oxygens (including phenoxy) is 3. The molecule has 0 aliphatic heterocycles. The van der Waals surface area contributed by atoms with Gasteiger partial charge in [-0.3, -0.25) is 0 Å². The molecule has 7 nitrogen and oxygen atoms in total. The van der Waals surface area contributed by atoms with Crippen LogP contribution in [0.1, 0.15) is 22.3 Å². The van der Waals surface area contributed by atoms with Crippen LogP contribution in [0.4, 0.5) is 0 Å². The van der Waals surface area contributed by atoms with E-state index < -0.39 is 36.9 Å². The summed E-state index contributed by atoms with van der Waals surface area (Å²) in [6.45, 7) is -0.331. The first-order valence-electron chi connectivity index (χ1n) is 9.50. The second kappa shape index (κ2) is 12.5. The van der Waals surface area contributed by atoms with Crippen LogP contribution in [0.25, 0.3) is 0 Å². The van der Waals surface area contributed by atoms with E-state index in [1.807, 2.05) is 30.3 Å². The lowest BCUT2D eigenvalue weighted by molar-refractivity contribution is -0.134. The Morgan fingerprint density at radius 1 is 1.03 bits per heavy atom. The van der Waals surface area contributed by atoms with Gasteiger partial charge in [0.15, 0.2) is 0 Å². The van der Waals surface area contributed by atoms with Crippen LogP contribution in [0.5, 0.6) is 0 Å². The summed E-state index contributed by atoms with van der Waals surface area (Å²) in [6, 6.07) is 17.7. The van der Waals surface area contributed by atoms with E-state index in [9.17, 15) is 19.8 Å². The van der Waals surface area contributed by atoms with Crippen LogP contribution in [-0.4, -0.2) is 54.2 Å². The highest BCUT2D eigenvalue weighted by Crippen LogP contribution is 2.16. The maximum atomic E-state index is 12.4. The maximum absolute atomic E-state index is 12.4. The molecule has 0 amide bonds. The minimum absolute atomic E-state index is 0.0284. The average molecular weight is 414 g/mol. The number of esters is 2. The maximum Gasteiger partial charge on any atom is 0.338 e. The first kappa shape index (κ1) is 23.3. The van der Waals surface area contributed by atoms with Crippen LogP contribution in [-0.2, 0) is 25.6 Å². The lowest BCUT2D eigenvalue weighted by Gasteiger charge is -2.25. The first-order valence-corrected chi connectivity index (χ1v) is 9.50. The molecule has 160 valence electrons. The zero-order valence-electron chi connectivity index (χ0n) is 16.7. The highest BCUT2D eigenvalue weighted by Gasteiger charge is 2.25. The molecule has 7 heteroatoms. The fourth-order valence-electron chi connectivity index (χ4n) is 2.66. The molecule has 0 bridgehead atoms. The summed E-state index contributed by atoms with van der Waals surface area (Å²) in [6.07, 6.45) is -0.387. The summed E-state index contributed by atoms with van der Waals surface area (Å²) >= 11 is 0. The van der Waals surface area contributed by atoms with Crippen molar-refractivity contribution >= 4 is 11.9 Å². The van der Waals surface area contributed by atoms with Crippen LogP contribution in [0.3, 0.4) is 0 Å². The predicted octanol–water partition coefficient (Wildman–Crippen LogP) is 2.27. The summed E-state index contributed by atoms with van der Waals surface area (Å²) in [5, 5.41) is 19.6. The molecular formula is C23H26O7. The topological polar surface area (TPSA) is 102 Å². The molecule has 0 spiro atoms. The largest absolute Gasteiger partial charge is 0.466 e. The van der Waals surface area contributed by atoms with Gasteiger partial charge in [-0.2, -0.15) is 0 Å². The summed E-state index contributed by atoms with van der Waals surface area (Å²) in [5.41, 5.74) is 1.23. The number of aliphatic hydroxyl groups excluding tert-OH is 2. The van der Waals surface area contributed by atoms with E-state index >= 15 is 0 Å². The third-order valence-corrected chi connectivity index (χ3v) is 4.30. The minimum Gasteiger partial charge on any atom is -0.466 e. The number of benzene rings is 2. The summed E-state index contributed by atoms with van der Waals surface area (Å²) < 4.78 is 15.9. The van der Waals surface area contributed by atoms with Crippen molar-refractivity contribution in [3.8, 4) is 0 Å². The van der Waals surface area contributed by atoms with Crippen LogP contribution < -0.4 is 0 Å². The summed E-state index contributed by atoms with van der Waals surface area (Å²) in [4.78, 5) is 23.9. The normalized spacial score (nSPS) is 14.1. The number of hydrogen-bond acceptors (Lipinski definition) is 7. The number of carbonyl (C=O) groups is 2. The van der Waals surface area contributed by atoms with Crippen molar-refractivity contribution in [3.05, 3.63) is 83.9 Å². The quantitative estimate of drug-likeness (QED) is 0.430. The van der Waals surface area contributed by atoms with Crippen molar-refractivity contribution in [2.75, 3.05) is 13.7 Å². The van der Waals surface area contributed by atoms with Crippen molar-refractivity contribution in [1.29, 1.82) is 0 Å². The highest BCUT2D eigenvalue weighted by atomic mass is 16.5. The molecular weight excluding hydrogens is 388 g/mol. The predicted molar refractivity (Wildman–Crippen MR) is 110 cm³/mol. The van der Waals surface area contributed by atoms with Crippen molar-refractivity contribution < 1.29 is 34.0 Å². The van der Waals surface area contributed by atoms with Gasteiger partial charge < -0.3 is 24.4 Å². The Labute approximate surface area is 175 Å². The van der Waals surface area contributed by atoms with Gasteiger partial charge in [0.2, 0.25) is 0 Å². The molecule has 0 fully saturated rings. The van der Waals surface area contributed by atoms with Crippen molar-refractivity contribution in [1.82, 2.24) is 0 Å². The van der Waals surface area contributed by atoms with Gasteiger partial charge in [0.05, 0.1) is 32.0 Å². The van der Waals surface area contributed by atoms with Crippen molar-refractivity contribution in [3.63, 3.8) is 0 Å². The molecule has 0 unspecified atom stereocenters. The molecule has 2 N–H and O–H groups in total. The molecule has 0 saturated carbocycles. The Morgan fingerprint density at radius 2 is 1.67 bits per heavy atom. The fourth-order valence-corrected chi connectivity index (χ4v) is 2.66. The van der Waals surface area contributed by atoms with Gasteiger partial charge >= 0.3 is 11.9 Å². The van der Waals surface area contributed by atoms with Crippen molar-refractivity contribution in [2.24, 2.45) is 0 Å². The van der Waals surface area contributed by atoms with E-state index in [2.05, 4.69) is 4.74 Å². The van der Waals surface area contributed by atoms with E-state index in [0.29, 0.717) is 5.56 Å². The lowest BCUT2D eigenvalue weighted by Crippen LogP contribution is -2.36. The van der Waals surface area contributed by atoms with Gasteiger partial charge in [0.25, 0.3) is 0 Å². The Balaban J connectivity index is 2.13. The van der Waals surface area contributed by atoms with Crippen LogP contribution in [0.15, 0.2) is 72.8 Å². The number of carbonyl (C=O) groups excluding carboxylic acids is 2. The van der Waals surface area contributed by atoms with Gasteiger partial charge in [0, 0.05) is 12.5 Å². The molecule has 0 radical (unpaired) electrons. The minimum atomic E-state index is -1.20. The fraction of sp³-hybridized carbons (Fsp3) is 0.304. The van der Waals surface area contributed by atoms with E-state index in [1.165, 1.54) is 13.2 Å². The zero-order valence-corrected chi connectivity index (χ0v) is 16.7. The Hall–Kier alpha value is -3.00. The standard InChI is InChI=1S/C23H26O7/c1-28-22(26)13-12-19(30-23(27)18-10-6-3-7-11-18)14-21(20(25)15-24)29-16-17-8-4-2-5-9-17/h2-13,19-21,24-25H,14-16H2,1H3/b13-12-/t19-,20-,21+/m0/s1. The molecule has 0 aliphatic carbocycles. The Morgan fingerprint density at radius 3 is 2.27 bits per heavy atom.